The molecule has 0 aliphatic carbocycles. The maximum absolute atomic E-state index is 6.08. The molecule has 4 nitrogen and oxygen atoms in total. The van der Waals surface area contributed by atoms with Crippen molar-refractivity contribution in [2.24, 2.45) is 5.41 Å². The second kappa shape index (κ2) is 6.60. The highest BCUT2D eigenvalue weighted by Crippen LogP contribution is 2.43. The number of likely N-dealkylation sites (tertiary alicyclic amines) is 1. The molecule has 2 fully saturated rings. The number of rotatable bonds is 3. The van der Waals surface area contributed by atoms with Crippen molar-refractivity contribution in [2.45, 2.75) is 39.0 Å². The van der Waals surface area contributed by atoms with Gasteiger partial charge in [-0.3, -0.25) is 0 Å². The first-order chi connectivity index (χ1) is 11.1. The van der Waals surface area contributed by atoms with Gasteiger partial charge in [-0.15, -0.1) is 0 Å². The van der Waals surface area contributed by atoms with Crippen LogP contribution >= 0.6 is 0 Å². The zero-order valence-electron chi connectivity index (χ0n) is 14.9. The molecule has 4 heteroatoms. The molecule has 2 N–H and O–H groups in total. The van der Waals surface area contributed by atoms with Gasteiger partial charge < -0.3 is 20.3 Å². The highest BCUT2D eigenvalue weighted by Gasteiger charge is 2.37. The van der Waals surface area contributed by atoms with Crippen LogP contribution in [0.5, 0.6) is 5.75 Å². The van der Waals surface area contributed by atoms with E-state index in [-0.39, 0.29) is 0 Å². The average molecular weight is 317 g/mol. The standard InChI is InChI=1S/C19H31N3O/c1-4-15-13-16(20)18(23-3)14-17(15)22-11-7-19(8-12-22)5-9-21(2)10-6-19/h13-14H,4-12,20H2,1-3H3. The van der Waals surface area contributed by atoms with E-state index in [4.69, 9.17) is 10.5 Å². The fraction of sp³-hybridized carbons (Fsp3) is 0.684. The van der Waals surface area contributed by atoms with Gasteiger partial charge in [-0.2, -0.15) is 0 Å². The minimum Gasteiger partial charge on any atom is -0.495 e. The zero-order chi connectivity index (χ0) is 16.4. The molecule has 2 saturated heterocycles. The van der Waals surface area contributed by atoms with Gasteiger partial charge in [-0.25, -0.2) is 0 Å². The van der Waals surface area contributed by atoms with E-state index in [1.807, 2.05) is 0 Å². The Hall–Kier alpha value is -1.42. The number of hydrogen-bond acceptors (Lipinski definition) is 4. The molecule has 0 amide bonds. The molecule has 0 aromatic heterocycles. The van der Waals surface area contributed by atoms with Gasteiger partial charge in [0.2, 0.25) is 0 Å². The van der Waals surface area contributed by atoms with E-state index in [0.717, 1.165) is 30.9 Å². The molecule has 0 atom stereocenters. The van der Waals surface area contributed by atoms with E-state index in [2.05, 4.69) is 35.9 Å². The predicted molar refractivity (Wildman–Crippen MR) is 97.4 cm³/mol. The summed E-state index contributed by atoms with van der Waals surface area (Å²) >= 11 is 0. The Labute approximate surface area is 140 Å². The van der Waals surface area contributed by atoms with Crippen molar-refractivity contribution in [3.63, 3.8) is 0 Å². The van der Waals surface area contributed by atoms with Crippen molar-refractivity contribution in [2.75, 3.05) is 51.0 Å². The van der Waals surface area contributed by atoms with Crippen LogP contribution in [0.25, 0.3) is 0 Å². The molecule has 0 unspecified atom stereocenters. The van der Waals surface area contributed by atoms with E-state index in [0.29, 0.717) is 5.41 Å². The molecule has 2 heterocycles. The summed E-state index contributed by atoms with van der Waals surface area (Å²) in [5.74, 6) is 0.803. The summed E-state index contributed by atoms with van der Waals surface area (Å²) in [6.07, 6.45) is 6.37. The Morgan fingerprint density at radius 2 is 1.70 bits per heavy atom. The number of nitrogens with zero attached hydrogens (tertiary/aromatic N) is 2. The summed E-state index contributed by atoms with van der Waals surface area (Å²) in [7, 11) is 3.95. The van der Waals surface area contributed by atoms with Gasteiger partial charge in [0, 0.05) is 24.8 Å². The van der Waals surface area contributed by atoms with E-state index >= 15 is 0 Å². The van der Waals surface area contributed by atoms with Crippen LogP contribution in [0.2, 0.25) is 0 Å². The Morgan fingerprint density at radius 1 is 1.09 bits per heavy atom. The fourth-order valence-electron chi connectivity index (χ4n) is 4.20. The summed E-state index contributed by atoms with van der Waals surface area (Å²) in [4.78, 5) is 5.02. The third-order valence-corrected chi connectivity index (χ3v) is 6.02. The molecule has 1 aromatic carbocycles. The van der Waals surface area contributed by atoms with Crippen LogP contribution in [-0.2, 0) is 6.42 Å². The topological polar surface area (TPSA) is 41.7 Å². The molecule has 0 radical (unpaired) electrons. The SMILES string of the molecule is CCc1cc(N)c(OC)cc1N1CCC2(CCN(C)CC2)CC1. The van der Waals surface area contributed by atoms with Crippen LogP contribution in [0.4, 0.5) is 11.4 Å². The lowest BCUT2D eigenvalue weighted by molar-refractivity contribution is 0.0944. The molecule has 0 saturated carbocycles. The van der Waals surface area contributed by atoms with Gasteiger partial charge in [0.15, 0.2) is 0 Å². The average Bonchev–Trinajstić information content (AvgIpc) is 2.58. The van der Waals surface area contributed by atoms with Crippen molar-refractivity contribution in [1.82, 2.24) is 4.90 Å². The highest BCUT2D eigenvalue weighted by atomic mass is 16.5. The number of nitrogens with two attached hydrogens (primary N) is 1. The van der Waals surface area contributed by atoms with Gasteiger partial charge in [-0.05, 0) is 69.3 Å². The summed E-state index contributed by atoms with van der Waals surface area (Å²) in [6.45, 7) is 7.03. The summed E-state index contributed by atoms with van der Waals surface area (Å²) < 4.78 is 5.44. The number of piperidine rings is 2. The Bertz CT molecular complexity index is 540. The minimum absolute atomic E-state index is 0.591. The van der Waals surface area contributed by atoms with Crippen LogP contribution in [0.3, 0.4) is 0 Å². The molecular weight excluding hydrogens is 286 g/mol. The smallest absolute Gasteiger partial charge is 0.143 e. The van der Waals surface area contributed by atoms with Crippen molar-refractivity contribution in [1.29, 1.82) is 0 Å². The molecule has 1 spiro atoms. The third kappa shape index (κ3) is 3.27. The second-order valence-electron chi connectivity index (χ2n) is 7.37. The van der Waals surface area contributed by atoms with E-state index in [1.165, 1.54) is 50.0 Å². The molecule has 3 rings (SSSR count). The molecule has 1 aromatic rings. The minimum atomic E-state index is 0.591. The number of hydrogen-bond donors (Lipinski definition) is 1. The summed E-state index contributed by atoms with van der Waals surface area (Å²) in [5, 5.41) is 0. The normalized spacial score (nSPS) is 21.6. The maximum Gasteiger partial charge on any atom is 0.143 e. The lowest BCUT2D eigenvalue weighted by atomic mass is 9.71. The van der Waals surface area contributed by atoms with Crippen molar-refractivity contribution in [3.05, 3.63) is 17.7 Å². The van der Waals surface area contributed by atoms with Crippen LogP contribution in [0.1, 0.15) is 38.2 Å². The van der Waals surface area contributed by atoms with Crippen LogP contribution in [-0.4, -0.2) is 45.2 Å². The van der Waals surface area contributed by atoms with E-state index in [9.17, 15) is 0 Å². The van der Waals surface area contributed by atoms with Gasteiger partial charge in [0.05, 0.1) is 12.8 Å². The Morgan fingerprint density at radius 3 is 2.26 bits per heavy atom. The van der Waals surface area contributed by atoms with Gasteiger partial charge >= 0.3 is 0 Å². The second-order valence-corrected chi connectivity index (χ2v) is 7.37. The first-order valence-corrected chi connectivity index (χ1v) is 8.97. The predicted octanol–water partition coefficient (Wildman–Crippen LogP) is 3.15. The number of ether oxygens (including phenoxy) is 1. The number of benzene rings is 1. The number of aryl methyl sites for hydroxylation is 1. The lowest BCUT2D eigenvalue weighted by Crippen LogP contribution is -2.46. The lowest BCUT2D eigenvalue weighted by Gasteiger charge is -2.47. The Balaban J connectivity index is 1.74. The highest BCUT2D eigenvalue weighted by molar-refractivity contribution is 5.67. The van der Waals surface area contributed by atoms with Crippen LogP contribution in [0.15, 0.2) is 12.1 Å². The molecular formula is C19H31N3O. The first kappa shape index (κ1) is 16.4. The number of methoxy groups -OCH3 is 1. The van der Waals surface area contributed by atoms with E-state index < -0.39 is 0 Å². The van der Waals surface area contributed by atoms with E-state index in [1.54, 1.807) is 7.11 Å². The Kier molecular flexibility index (Phi) is 4.72. The van der Waals surface area contributed by atoms with Crippen molar-refractivity contribution < 1.29 is 4.74 Å². The van der Waals surface area contributed by atoms with Crippen molar-refractivity contribution in [3.8, 4) is 5.75 Å². The molecule has 2 aliphatic heterocycles. The van der Waals surface area contributed by atoms with Crippen LogP contribution in [0, 0.1) is 5.41 Å². The summed E-state index contributed by atoms with van der Waals surface area (Å²) in [6, 6.07) is 4.23. The number of anilines is 2. The maximum atomic E-state index is 6.08. The third-order valence-electron chi connectivity index (χ3n) is 6.02. The van der Waals surface area contributed by atoms with Gasteiger partial charge in [-0.1, -0.05) is 6.92 Å². The van der Waals surface area contributed by atoms with Crippen molar-refractivity contribution >= 4 is 11.4 Å². The van der Waals surface area contributed by atoms with Crippen LogP contribution < -0.4 is 15.4 Å². The molecule has 128 valence electrons. The van der Waals surface area contributed by atoms with Gasteiger partial charge in [0.1, 0.15) is 5.75 Å². The number of nitrogen functional groups attached to an aromatic ring is 1. The first-order valence-electron chi connectivity index (χ1n) is 8.97. The van der Waals surface area contributed by atoms with Gasteiger partial charge in [0.25, 0.3) is 0 Å². The quantitative estimate of drug-likeness (QED) is 0.870. The molecule has 0 bridgehead atoms. The zero-order valence-corrected chi connectivity index (χ0v) is 14.9. The molecule has 23 heavy (non-hydrogen) atoms. The summed E-state index contributed by atoms with van der Waals surface area (Å²) in [5.41, 5.74) is 10.1. The fourth-order valence-corrected chi connectivity index (χ4v) is 4.20. The monoisotopic (exact) mass is 317 g/mol. The molecule has 2 aliphatic rings. The largest absolute Gasteiger partial charge is 0.495 e.